The number of amidine groups is 2. The van der Waals surface area contributed by atoms with E-state index in [1.807, 2.05) is 55.5 Å². The van der Waals surface area contributed by atoms with Gasteiger partial charge in [0.15, 0.2) is 17.3 Å². The van der Waals surface area contributed by atoms with Crippen molar-refractivity contribution < 1.29 is 14.3 Å². The molecule has 2 aromatic carbocycles. The number of fused-ring (bicyclic) bond motifs is 1. The molecule has 2 aromatic rings. The van der Waals surface area contributed by atoms with Crippen LogP contribution < -0.4 is 9.47 Å². The minimum atomic E-state index is -0.437. The Labute approximate surface area is 197 Å². The van der Waals surface area contributed by atoms with E-state index >= 15 is 0 Å². The van der Waals surface area contributed by atoms with Gasteiger partial charge in [0.25, 0.3) is 5.91 Å². The molecular weight excluding hydrogens is 436 g/mol. The number of nitrogens with zero attached hydrogens (tertiary/aromatic N) is 3. The number of thioether (sulfide) groups is 1. The van der Waals surface area contributed by atoms with Gasteiger partial charge in [0.1, 0.15) is 11.7 Å². The van der Waals surface area contributed by atoms with Gasteiger partial charge in [-0.05, 0) is 60.9 Å². The molecule has 1 N–H and O–H groups in total. The zero-order chi connectivity index (χ0) is 23.2. The third-order valence-electron chi connectivity index (χ3n) is 5.06. The molecule has 0 atom stereocenters. The van der Waals surface area contributed by atoms with Crippen LogP contribution in [0.15, 0.2) is 64.2 Å². The molecule has 0 aromatic heterocycles. The van der Waals surface area contributed by atoms with E-state index in [1.165, 1.54) is 16.8 Å². The Hall–Kier alpha value is -3.39. The van der Waals surface area contributed by atoms with Gasteiger partial charge in [-0.3, -0.25) is 10.2 Å². The predicted molar refractivity (Wildman–Crippen MR) is 133 cm³/mol. The number of hydrogen-bond acceptors (Lipinski definition) is 6. The van der Waals surface area contributed by atoms with Gasteiger partial charge in [0.05, 0.1) is 12.2 Å². The van der Waals surface area contributed by atoms with Gasteiger partial charge in [0.2, 0.25) is 5.17 Å². The first-order chi connectivity index (χ1) is 16.1. The maximum atomic E-state index is 12.7. The van der Waals surface area contributed by atoms with Crippen molar-refractivity contribution in [1.29, 1.82) is 5.41 Å². The second-order valence-corrected chi connectivity index (χ2v) is 8.57. The van der Waals surface area contributed by atoms with E-state index in [-0.39, 0.29) is 11.4 Å². The largest absolute Gasteiger partial charge is 0.490 e. The number of benzene rings is 2. The molecule has 33 heavy (non-hydrogen) atoms. The van der Waals surface area contributed by atoms with Crippen LogP contribution in [0.3, 0.4) is 0 Å². The number of nitrogens with one attached hydrogen (secondary N) is 1. The minimum absolute atomic E-state index is 0.0337. The van der Waals surface area contributed by atoms with Gasteiger partial charge in [-0.25, -0.2) is 0 Å². The highest BCUT2D eigenvalue weighted by atomic mass is 32.2. The minimum Gasteiger partial charge on any atom is -0.490 e. The van der Waals surface area contributed by atoms with Crippen molar-refractivity contribution in [2.75, 3.05) is 6.61 Å². The normalized spacial score (nSPS) is 16.5. The molecule has 170 valence electrons. The van der Waals surface area contributed by atoms with Crippen LogP contribution in [0.1, 0.15) is 44.2 Å². The molecule has 0 bridgehead atoms. The van der Waals surface area contributed by atoms with E-state index in [4.69, 9.17) is 14.9 Å². The maximum absolute atomic E-state index is 12.7. The van der Waals surface area contributed by atoms with Crippen molar-refractivity contribution in [2.45, 2.75) is 39.7 Å². The smallest absolute Gasteiger partial charge is 0.283 e. The lowest BCUT2D eigenvalue weighted by Crippen LogP contribution is -2.35. The lowest BCUT2D eigenvalue weighted by molar-refractivity contribution is -0.114. The van der Waals surface area contributed by atoms with Crippen LogP contribution in [-0.2, 0) is 11.4 Å². The summed E-state index contributed by atoms with van der Waals surface area (Å²) >= 11 is 1.37. The number of hydrogen-bond donors (Lipinski definition) is 1. The van der Waals surface area contributed by atoms with Crippen LogP contribution in [0.5, 0.6) is 11.5 Å². The van der Waals surface area contributed by atoms with E-state index in [0.717, 1.165) is 35.4 Å². The fraction of sp³-hybridized carbons (Fsp3) is 0.280. The monoisotopic (exact) mass is 462 g/mol. The van der Waals surface area contributed by atoms with Crippen LogP contribution >= 0.6 is 11.8 Å². The number of carbonyl (C=O) groups excluding carboxylic acids is 1. The highest BCUT2D eigenvalue weighted by Gasteiger charge is 2.35. The van der Waals surface area contributed by atoms with Crippen molar-refractivity contribution in [3.63, 3.8) is 0 Å². The summed E-state index contributed by atoms with van der Waals surface area (Å²) in [6.07, 6.45) is 4.54. The van der Waals surface area contributed by atoms with Crippen LogP contribution in [0.25, 0.3) is 6.08 Å². The quantitative estimate of drug-likeness (QED) is 0.499. The van der Waals surface area contributed by atoms with E-state index < -0.39 is 5.91 Å². The van der Waals surface area contributed by atoms with Gasteiger partial charge in [-0.1, -0.05) is 49.7 Å². The van der Waals surface area contributed by atoms with Crippen molar-refractivity contribution in [3.8, 4) is 11.5 Å². The Kier molecular flexibility index (Phi) is 7.24. The predicted octanol–water partition coefficient (Wildman–Crippen LogP) is 5.47. The summed E-state index contributed by atoms with van der Waals surface area (Å²) in [6.45, 7) is 4.92. The molecule has 4 rings (SSSR count). The highest BCUT2D eigenvalue weighted by Crippen LogP contribution is 2.33. The number of carbonyl (C=O) groups is 1. The third-order valence-corrected chi connectivity index (χ3v) is 6.02. The summed E-state index contributed by atoms with van der Waals surface area (Å²) in [5.74, 6) is 0.798. The highest BCUT2D eigenvalue weighted by molar-refractivity contribution is 8.26. The summed E-state index contributed by atoms with van der Waals surface area (Å²) in [5, 5.41) is 15.8. The number of rotatable bonds is 9. The number of aliphatic imine (C=N–C) groups is 1. The molecule has 2 heterocycles. The van der Waals surface area contributed by atoms with Gasteiger partial charge in [0, 0.05) is 0 Å². The lowest BCUT2D eigenvalue weighted by atomic mass is 10.1. The molecule has 1 amide bonds. The van der Waals surface area contributed by atoms with E-state index in [1.54, 1.807) is 6.08 Å². The molecule has 0 fully saturated rings. The molecule has 0 saturated carbocycles. The van der Waals surface area contributed by atoms with Gasteiger partial charge < -0.3 is 9.47 Å². The first-order valence-corrected chi connectivity index (χ1v) is 11.8. The number of amides is 1. The van der Waals surface area contributed by atoms with Crippen LogP contribution in [-0.4, -0.2) is 33.6 Å². The third kappa shape index (κ3) is 5.34. The van der Waals surface area contributed by atoms with Crippen molar-refractivity contribution in [2.24, 2.45) is 10.1 Å². The molecule has 0 unspecified atom stereocenters. The van der Waals surface area contributed by atoms with E-state index in [9.17, 15) is 4.79 Å². The lowest BCUT2D eigenvalue weighted by Gasteiger charge is -2.20. The Morgan fingerprint density at radius 2 is 1.91 bits per heavy atom. The SMILES string of the molecule is CCCCC1=NN2C(=N)/C(=C/c3ccc(OCc4ccccc4)c(OCC)c3)C(=O)N=C2S1. The first kappa shape index (κ1) is 22.8. The fourth-order valence-electron chi connectivity index (χ4n) is 3.36. The van der Waals surface area contributed by atoms with Gasteiger partial charge in [-0.15, -0.1) is 0 Å². The molecule has 2 aliphatic rings. The van der Waals surface area contributed by atoms with E-state index in [0.29, 0.717) is 29.9 Å². The Balaban J connectivity index is 1.55. The summed E-state index contributed by atoms with van der Waals surface area (Å²) in [4.78, 5) is 16.8. The second kappa shape index (κ2) is 10.5. The molecular formula is C25H26N4O3S. The van der Waals surface area contributed by atoms with Crippen molar-refractivity contribution in [1.82, 2.24) is 5.01 Å². The van der Waals surface area contributed by atoms with Crippen LogP contribution in [0.4, 0.5) is 0 Å². The van der Waals surface area contributed by atoms with Gasteiger partial charge >= 0.3 is 0 Å². The first-order valence-electron chi connectivity index (χ1n) is 11.0. The average molecular weight is 463 g/mol. The topological polar surface area (TPSA) is 87.3 Å². The van der Waals surface area contributed by atoms with Gasteiger partial charge in [-0.2, -0.15) is 15.1 Å². The fourth-order valence-corrected chi connectivity index (χ4v) is 4.29. The van der Waals surface area contributed by atoms with E-state index in [2.05, 4.69) is 17.0 Å². The second-order valence-electron chi connectivity index (χ2n) is 7.53. The molecule has 2 aliphatic heterocycles. The summed E-state index contributed by atoms with van der Waals surface area (Å²) in [6, 6.07) is 15.4. The average Bonchev–Trinajstić information content (AvgIpc) is 3.23. The van der Waals surface area contributed by atoms with Crippen LogP contribution in [0, 0.1) is 5.41 Å². The standard InChI is InChI=1S/C25H26N4O3S/c1-3-5-11-22-28-29-23(26)19(24(30)27-25(29)33-22)14-18-12-13-20(21(15-18)31-4-2)32-16-17-9-7-6-8-10-17/h6-10,12-15,26H,3-5,11,16H2,1-2H3/b19-14-,26-23?. The molecule has 0 saturated heterocycles. The number of hydrazone groups is 1. The zero-order valence-electron chi connectivity index (χ0n) is 18.7. The van der Waals surface area contributed by atoms with Crippen molar-refractivity contribution >= 4 is 39.8 Å². The summed E-state index contributed by atoms with van der Waals surface area (Å²) in [5.41, 5.74) is 1.97. The molecule has 0 radical (unpaired) electrons. The number of unbranched alkanes of at least 4 members (excludes halogenated alkanes) is 1. The Morgan fingerprint density at radius 1 is 1.09 bits per heavy atom. The van der Waals surface area contributed by atoms with Crippen LogP contribution in [0.2, 0.25) is 0 Å². The summed E-state index contributed by atoms with van der Waals surface area (Å²) < 4.78 is 11.7. The zero-order valence-corrected chi connectivity index (χ0v) is 19.5. The van der Waals surface area contributed by atoms with Crippen molar-refractivity contribution in [3.05, 3.63) is 65.2 Å². The maximum Gasteiger partial charge on any atom is 0.283 e. The molecule has 7 nitrogen and oxygen atoms in total. The molecule has 8 heteroatoms. The molecule has 0 spiro atoms. The summed E-state index contributed by atoms with van der Waals surface area (Å²) in [7, 11) is 0. The number of ether oxygens (including phenoxy) is 2. The Bertz CT molecular complexity index is 1140. The Morgan fingerprint density at radius 3 is 2.67 bits per heavy atom. The molecule has 0 aliphatic carbocycles.